The van der Waals surface area contributed by atoms with Gasteiger partial charge in [0.25, 0.3) is 0 Å². The van der Waals surface area contributed by atoms with Crippen molar-refractivity contribution in [2.45, 2.75) is 12.5 Å². The standard InChI is InChI=1S/C25H21N3O5/c26-17(9-16-11-27-21-4-2-1-3-19(16)21)14-32-18-10-20(22-5-6-23(33-22)25(29)30)24(28-12-18)15-7-8-31-13-15/h1-8,10-13,17,27H,9,14,26H2,(H,29,30)/t17-/m0/s1. The number of H-pyrrole nitrogens is 1. The van der Waals surface area contributed by atoms with Crippen molar-refractivity contribution in [3.63, 3.8) is 0 Å². The van der Waals surface area contributed by atoms with Gasteiger partial charge in [-0.05, 0) is 42.3 Å². The molecule has 166 valence electrons. The molecule has 1 atom stereocenters. The van der Waals surface area contributed by atoms with Crippen LogP contribution in [0.5, 0.6) is 5.75 Å². The summed E-state index contributed by atoms with van der Waals surface area (Å²) < 4.78 is 16.6. The average Bonchev–Trinajstić information content (AvgIpc) is 3.59. The van der Waals surface area contributed by atoms with Crippen molar-refractivity contribution in [1.82, 2.24) is 9.97 Å². The zero-order valence-electron chi connectivity index (χ0n) is 17.5. The number of carboxylic acid groups (broad SMARTS) is 1. The van der Waals surface area contributed by atoms with Crippen molar-refractivity contribution in [1.29, 1.82) is 0 Å². The number of para-hydroxylation sites is 1. The number of nitrogens with two attached hydrogens (primary N) is 1. The Bertz CT molecular complexity index is 1400. The lowest BCUT2D eigenvalue weighted by Crippen LogP contribution is -2.30. The summed E-state index contributed by atoms with van der Waals surface area (Å²) in [5.41, 5.74) is 10.5. The number of benzene rings is 1. The van der Waals surface area contributed by atoms with Gasteiger partial charge in [0.15, 0.2) is 0 Å². The summed E-state index contributed by atoms with van der Waals surface area (Å²) in [4.78, 5) is 19.0. The monoisotopic (exact) mass is 443 g/mol. The third kappa shape index (κ3) is 4.24. The van der Waals surface area contributed by atoms with Gasteiger partial charge in [-0.2, -0.15) is 0 Å². The number of aromatic amines is 1. The number of hydrogen-bond acceptors (Lipinski definition) is 6. The topological polar surface area (TPSA) is 128 Å². The Kier molecular flexibility index (Phi) is 5.42. The second-order valence-corrected chi connectivity index (χ2v) is 7.68. The molecule has 0 aliphatic rings. The molecule has 4 N–H and O–H groups in total. The Morgan fingerprint density at radius 2 is 2.09 bits per heavy atom. The number of carboxylic acids is 1. The fourth-order valence-electron chi connectivity index (χ4n) is 3.78. The number of rotatable bonds is 8. The molecule has 4 aromatic heterocycles. The first-order chi connectivity index (χ1) is 16.1. The van der Waals surface area contributed by atoms with Crippen molar-refractivity contribution in [2.24, 2.45) is 5.73 Å². The molecule has 0 aliphatic carbocycles. The summed E-state index contributed by atoms with van der Waals surface area (Å²) in [6, 6.07) is 14.4. The normalized spacial score (nSPS) is 12.2. The van der Waals surface area contributed by atoms with Gasteiger partial charge in [0.2, 0.25) is 5.76 Å². The van der Waals surface area contributed by atoms with Crippen LogP contribution in [0, 0.1) is 0 Å². The van der Waals surface area contributed by atoms with Crippen LogP contribution in [0.3, 0.4) is 0 Å². The molecule has 0 radical (unpaired) electrons. The predicted octanol–water partition coefficient (Wildman–Crippen LogP) is 4.73. The summed E-state index contributed by atoms with van der Waals surface area (Å²) in [7, 11) is 0. The number of fused-ring (bicyclic) bond motifs is 1. The molecule has 0 unspecified atom stereocenters. The maximum atomic E-state index is 11.3. The SMILES string of the molecule is N[C@H](COc1cnc(-c2ccoc2)c(-c2ccc(C(=O)O)o2)c1)Cc1c[nH]c2ccccc12. The van der Waals surface area contributed by atoms with Crippen LogP contribution in [-0.2, 0) is 6.42 Å². The maximum absolute atomic E-state index is 11.3. The summed E-state index contributed by atoms with van der Waals surface area (Å²) in [5, 5.41) is 10.4. The van der Waals surface area contributed by atoms with Crippen LogP contribution in [0.15, 0.2) is 82.3 Å². The molecule has 0 fully saturated rings. The van der Waals surface area contributed by atoms with E-state index in [2.05, 4.69) is 16.0 Å². The zero-order chi connectivity index (χ0) is 22.8. The van der Waals surface area contributed by atoms with Crippen molar-refractivity contribution in [3.05, 3.63) is 84.8 Å². The molecule has 8 heteroatoms. The third-order valence-electron chi connectivity index (χ3n) is 5.36. The van der Waals surface area contributed by atoms with Gasteiger partial charge in [0.05, 0.1) is 24.4 Å². The van der Waals surface area contributed by atoms with Crippen LogP contribution in [-0.4, -0.2) is 33.7 Å². The Morgan fingerprint density at radius 1 is 1.21 bits per heavy atom. The minimum Gasteiger partial charge on any atom is -0.490 e. The van der Waals surface area contributed by atoms with Gasteiger partial charge in [0, 0.05) is 34.3 Å². The van der Waals surface area contributed by atoms with Gasteiger partial charge in [-0.3, -0.25) is 4.98 Å². The van der Waals surface area contributed by atoms with E-state index in [0.717, 1.165) is 22.0 Å². The van der Waals surface area contributed by atoms with Crippen molar-refractivity contribution in [3.8, 4) is 28.3 Å². The highest BCUT2D eigenvalue weighted by Gasteiger charge is 2.18. The number of nitrogens with zero attached hydrogens (tertiary/aromatic N) is 1. The lowest BCUT2D eigenvalue weighted by Gasteiger charge is -2.14. The van der Waals surface area contributed by atoms with E-state index in [1.54, 1.807) is 36.9 Å². The highest BCUT2D eigenvalue weighted by atomic mass is 16.5. The van der Waals surface area contributed by atoms with Gasteiger partial charge < -0.3 is 29.4 Å². The van der Waals surface area contributed by atoms with Gasteiger partial charge in [-0.25, -0.2) is 4.79 Å². The summed E-state index contributed by atoms with van der Waals surface area (Å²) in [5.74, 6) is -0.436. The Balaban J connectivity index is 1.36. The van der Waals surface area contributed by atoms with Crippen LogP contribution in [0.4, 0.5) is 0 Å². The van der Waals surface area contributed by atoms with E-state index in [1.165, 1.54) is 6.07 Å². The predicted molar refractivity (Wildman–Crippen MR) is 122 cm³/mol. The fraction of sp³-hybridized carbons (Fsp3) is 0.120. The molecule has 8 nitrogen and oxygen atoms in total. The van der Waals surface area contributed by atoms with Gasteiger partial charge >= 0.3 is 5.97 Å². The molecule has 0 saturated heterocycles. The molecule has 33 heavy (non-hydrogen) atoms. The number of nitrogens with one attached hydrogen (secondary N) is 1. The Hall–Kier alpha value is -4.30. The smallest absolute Gasteiger partial charge is 0.371 e. The van der Waals surface area contributed by atoms with Crippen LogP contribution in [0.2, 0.25) is 0 Å². The molecule has 0 amide bonds. The Morgan fingerprint density at radius 3 is 2.88 bits per heavy atom. The lowest BCUT2D eigenvalue weighted by molar-refractivity contribution is 0.0663. The number of hydrogen-bond donors (Lipinski definition) is 3. The number of furan rings is 2. The summed E-state index contributed by atoms with van der Waals surface area (Å²) in [6.45, 7) is 0.282. The first-order valence-electron chi connectivity index (χ1n) is 10.4. The third-order valence-corrected chi connectivity index (χ3v) is 5.36. The highest BCUT2D eigenvalue weighted by Crippen LogP contribution is 2.34. The molecule has 0 bridgehead atoms. The van der Waals surface area contributed by atoms with E-state index in [4.69, 9.17) is 19.3 Å². The van der Waals surface area contributed by atoms with Crippen molar-refractivity contribution in [2.75, 3.05) is 6.61 Å². The average molecular weight is 443 g/mol. The zero-order valence-corrected chi connectivity index (χ0v) is 17.5. The van der Waals surface area contributed by atoms with E-state index in [-0.39, 0.29) is 18.4 Å². The number of ether oxygens (including phenoxy) is 1. The minimum atomic E-state index is -1.14. The van der Waals surface area contributed by atoms with E-state index < -0.39 is 5.97 Å². The van der Waals surface area contributed by atoms with E-state index in [9.17, 15) is 9.90 Å². The second kappa shape index (κ2) is 8.68. The van der Waals surface area contributed by atoms with Crippen LogP contribution in [0.1, 0.15) is 16.1 Å². The largest absolute Gasteiger partial charge is 0.490 e. The molecule has 5 rings (SSSR count). The summed E-state index contributed by atoms with van der Waals surface area (Å²) >= 11 is 0. The number of aromatic nitrogens is 2. The number of aromatic carboxylic acids is 1. The van der Waals surface area contributed by atoms with Crippen LogP contribution in [0.25, 0.3) is 33.5 Å². The fourth-order valence-corrected chi connectivity index (χ4v) is 3.78. The van der Waals surface area contributed by atoms with Crippen LogP contribution < -0.4 is 10.5 Å². The lowest BCUT2D eigenvalue weighted by atomic mass is 10.1. The summed E-state index contributed by atoms with van der Waals surface area (Å²) in [6.07, 6.45) is 7.33. The number of carbonyl (C=O) groups is 1. The molecular weight excluding hydrogens is 422 g/mol. The Labute approximate surface area is 188 Å². The first kappa shape index (κ1) is 20.6. The maximum Gasteiger partial charge on any atom is 0.371 e. The molecule has 0 spiro atoms. The molecular formula is C25H21N3O5. The quantitative estimate of drug-likeness (QED) is 0.316. The second-order valence-electron chi connectivity index (χ2n) is 7.68. The minimum absolute atomic E-state index is 0.157. The molecule has 0 saturated carbocycles. The van der Waals surface area contributed by atoms with E-state index in [0.29, 0.717) is 29.2 Å². The molecule has 5 aromatic rings. The molecule has 4 heterocycles. The van der Waals surface area contributed by atoms with Gasteiger partial charge in [-0.1, -0.05) is 18.2 Å². The molecule has 0 aliphatic heterocycles. The van der Waals surface area contributed by atoms with Gasteiger partial charge in [0.1, 0.15) is 18.1 Å². The van der Waals surface area contributed by atoms with E-state index >= 15 is 0 Å². The first-order valence-corrected chi connectivity index (χ1v) is 10.4. The molecule has 1 aromatic carbocycles. The highest BCUT2D eigenvalue weighted by molar-refractivity contribution is 5.86. The van der Waals surface area contributed by atoms with Crippen molar-refractivity contribution < 1.29 is 23.5 Å². The van der Waals surface area contributed by atoms with E-state index in [1.807, 2.05) is 24.4 Å². The van der Waals surface area contributed by atoms with Crippen LogP contribution >= 0.6 is 0 Å². The number of pyridine rings is 1. The van der Waals surface area contributed by atoms with Gasteiger partial charge in [-0.15, -0.1) is 0 Å². The van der Waals surface area contributed by atoms with Crippen molar-refractivity contribution >= 4 is 16.9 Å².